The van der Waals surface area contributed by atoms with Crippen LogP contribution >= 0.6 is 0 Å². The molecule has 1 amide bonds. The summed E-state index contributed by atoms with van der Waals surface area (Å²) in [6.45, 7) is 4.99. The summed E-state index contributed by atoms with van der Waals surface area (Å²) in [6.07, 6.45) is 5.89. The lowest BCUT2D eigenvalue weighted by Gasteiger charge is -2.29. The van der Waals surface area contributed by atoms with Gasteiger partial charge in [-0.15, -0.1) is 0 Å². The zero-order valence-electron chi connectivity index (χ0n) is 14.4. The Hall–Kier alpha value is -2.13. The highest BCUT2D eigenvalue weighted by molar-refractivity contribution is 5.80. The lowest BCUT2D eigenvalue weighted by atomic mass is 9.88. The minimum absolute atomic E-state index is 0.100. The quantitative estimate of drug-likeness (QED) is 0.750. The van der Waals surface area contributed by atoms with Crippen LogP contribution in [0.15, 0.2) is 18.3 Å². The molecule has 0 spiro atoms. The van der Waals surface area contributed by atoms with Gasteiger partial charge in [-0.3, -0.25) is 4.79 Å². The summed E-state index contributed by atoms with van der Waals surface area (Å²) < 4.78 is 5.89. The zero-order valence-corrected chi connectivity index (χ0v) is 14.4. The van der Waals surface area contributed by atoms with Crippen molar-refractivity contribution in [3.8, 4) is 6.07 Å². The SMILES string of the molecule is C[C@@H]1CCC[C@H](O[C@@H](C)C(=O)NCCNc2ncccc2C#N)C1. The van der Waals surface area contributed by atoms with Crippen molar-refractivity contribution in [1.82, 2.24) is 10.3 Å². The molecule has 1 saturated carbocycles. The van der Waals surface area contributed by atoms with Gasteiger partial charge in [-0.25, -0.2) is 4.98 Å². The van der Waals surface area contributed by atoms with Crippen molar-refractivity contribution in [2.24, 2.45) is 5.92 Å². The zero-order chi connectivity index (χ0) is 17.4. The summed E-state index contributed by atoms with van der Waals surface area (Å²) in [5.41, 5.74) is 0.493. The van der Waals surface area contributed by atoms with Gasteiger partial charge in [0, 0.05) is 19.3 Å². The molecular weight excluding hydrogens is 304 g/mol. The molecule has 0 unspecified atom stereocenters. The maximum atomic E-state index is 12.1. The van der Waals surface area contributed by atoms with Crippen LogP contribution < -0.4 is 10.6 Å². The lowest BCUT2D eigenvalue weighted by molar-refractivity contribution is -0.137. The summed E-state index contributed by atoms with van der Waals surface area (Å²) in [7, 11) is 0. The highest BCUT2D eigenvalue weighted by Crippen LogP contribution is 2.26. The summed E-state index contributed by atoms with van der Waals surface area (Å²) in [4.78, 5) is 16.2. The van der Waals surface area contributed by atoms with E-state index in [4.69, 9.17) is 10.00 Å². The number of ether oxygens (including phenoxy) is 1. The molecule has 1 aromatic heterocycles. The van der Waals surface area contributed by atoms with Crippen LogP contribution in [0.2, 0.25) is 0 Å². The van der Waals surface area contributed by atoms with Gasteiger partial charge in [-0.05, 0) is 37.8 Å². The highest BCUT2D eigenvalue weighted by Gasteiger charge is 2.23. The Labute approximate surface area is 143 Å². The number of nitriles is 1. The molecule has 0 aliphatic heterocycles. The summed E-state index contributed by atoms with van der Waals surface area (Å²) in [6, 6.07) is 5.50. The Balaban J connectivity index is 1.68. The number of aromatic nitrogens is 1. The first-order valence-corrected chi connectivity index (χ1v) is 8.62. The molecule has 6 heteroatoms. The number of nitrogens with one attached hydrogen (secondary N) is 2. The van der Waals surface area contributed by atoms with Crippen LogP contribution in [0.5, 0.6) is 0 Å². The monoisotopic (exact) mass is 330 g/mol. The molecule has 1 aliphatic carbocycles. The van der Waals surface area contributed by atoms with E-state index < -0.39 is 6.10 Å². The molecule has 2 rings (SSSR count). The van der Waals surface area contributed by atoms with E-state index >= 15 is 0 Å². The highest BCUT2D eigenvalue weighted by atomic mass is 16.5. The molecule has 130 valence electrons. The van der Waals surface area contributed by atoms with Crippen molar-refractivity contribution < 1.29 is 9.53 Å². The first-order valence-electron chi connectivity index (χ1n) is 8.62. The second-order valence-electron chi connectivity index (χ2n) is 6.40. The fraction of sp³-hybridized carbons (Fsp3) is 0.611. The number of hydrogen-bond donors (Lipinski definition) is 2. The number of rotatable bonds is 7. The van der Waals surface area contributed by atoms with E-state index in [9.17, 15) is 4.79 Å². The lowest BCUT2D eigenvalue weighted by Crippen LogP contribution is -2.39. The average molecular weight is 330 g/mol. The molecule has 0 aromatic carbocycles. The Morgan fingerprint density at radius 3 is 3.08 bits per heavy atom. The van der Waals surface area contributed by atoms with Gasteiger partial charge >= 0.3 is 0 Å². The minimum atomic E-state index is -0.440. The molecule has 1 aromatic rings. The second-order valence-corrected chi connectivity index (χ2v) is 6.40. The third-order valence-corrected chi connectivity index (χ3v) is 4.30. The van der Waals surface area contributed by atoms with Crippen molar-refractivity contribution in [3.05, 3.63) is 23.9 Å². The van der Waals surface area contributed by atoms with E-state index in [0.717, 1.165) is 12.8 Å². The molecule has 6 nitrogen and oxygen atoms in total. The van der Waals surface area contributed by atoms with E-state index in [1.165, 1.54) is 12.8 Å². The number of pyridine rings is 1. The molecule has 1 aliphatic rings. The van der Waals surface area contributed by atoms with Crippen molar-refractivity contribution >= 4 is 11.7 Å². The molecule has 0 saturated heterocycles. The molecule has 0 bridgehead atoms. The van der Waals surface area contributed by atoms with Crippen LogP contribution in [0, 0.1) is 17.2 Å². The van der Waals surface area contributed by atoms with Crippen LogP contribution in [0.4, 0.5) is 5.82 Å². The topological polar surface area (TPSA) is 87.0 Å². The van der Waals surface area contributed by atoms with Gasteiger partial charge in [-0.2, -0.15) is 5.26 Å². The molecule has 1 heterocycles. The van der Waals surface area contributed by atoms with E-state index in [0.29, 0.717) is 30.4 Å². The van der Waals surface area contributed by atoms with Crippen LogP contribution in [0.1, 0.15) is 45.1 Å². The van der Waals surface area contributed by atoms with Gasteiger partial charge < -0.3 is 15.4 Å². The van der Waals surface area contributed by atoms with Crippen LogP contribution in [-0.4, -0.2) is 36.2 Å². The molecule has 3 atom stereocenters. The Kier molecular flexibility index (Phi) is 7.01. The van der Waals surface area contributed by atoms with Crippen LogP contribution in [0.3, 0.4) is 0 Å². The average Bonchev–Trinajstić information content (AvgIpc) is 2.58. The maximum absolute atomic E-state index is 12.1. The van der Waals surface area contributed by atoms with Gasteiger partial charge in [-0.1, -0.05) is 19.8 Å². The number of carbonyl (C=O) groups is 1. The number of nitrogens with zero attached hydrogens (tertiary/aromatic N) is 2. The van der Waals surface area contributed by atoms with Crippen molar-refractivity contribution in [1.29, 1.82) is 5.26 Å². The normalized spacial score (nSPS) is 21.5. The van der Waals surface area contributed by atoms with Gasteiger partial charge in [0.05, 0.1) is 11.7 Å². The van der Waals surface area contributed by atoms with Gasteiger partial charge in [0.1, 0.15) is 18.0 Å². The number of amides is 1. The van der Waals surface area contributed by atoms with Gasteiger partial charge in [0.25, 0.3) is 0 Å². The first-order chi connectivity index (χ1) is 11.6. The fourth-order valence-electron chi connectivity index (χ4n) is 3.00. The van der Waals surface area contributed by atoms with Crippen molar-refractivity contribution in [2.75, 3.05) is 18.4 Å². The number of anilines is 1. The Morgan fingerprint density at radius 1 is 1.50 bits per heavy atom. The standard InChI is InChI=1S/C18H26N4O2/c1-13-5-3-7-16(11-13)24-14(2)18(23)22-10-9-21-17-15(12-19)6-4-8-20-17/h4,6,8,13-14,16H,3,5,7,9-11H2,1-2H3,(H,20,21)(H,22,23)/t13-,14+,16+/m1/s1. The van der Waals surface area contributed by atoms with Crippen molar-refractivity contribution in [3.63, 3.8) is 0 Å². The molecular formula is C18H26N4O2. The van der Waals surface area contributed by atoms with Gasteiger partial charge in [0.15, 0.2) is 0 Å². The van der Waals surface area contributed by atoms with Gasteiger partial charge in [0.2, 0.25) is 5.91 Å². The smallest absolute Gasteiger partial charge is 0.248 e. The molecule has 1 fully saturated rings. The molecule has 2 N–H and O–H groups in total. The Morgan fingerprint density at radius 2 is 2.33 bits per heavy atom. The van der Waals surface area contributed by atoms with E-state index in [-0.39, 0.29) is 12.0 Å². The Bertz CT molecular complexity index is 585. The third kappa shape index (κ3) is 5.50. The molecule has 24 heavy (non-hydrogen) atoms. The third-order valence-electron chi connectivity index (χ3n) is 4.30. The van der Waals surface area contributed by atoms with E-state index in [1.54, 1.807) is 25.3 Å². The largest absolute Gasteiger partial charge is 0.367 e. The predicted octanol–water partition coefficient (Wildman–Crippen LogP) is 2.47. The minimum Gasteiger partial charge on any atom is -0.367 e. The summed E-state index contributed by atoms with van der Waals surface area (Å²) in [5, 5.41) is 14.9. The first kappa shape index (κ1) is 18.2. The number of carbonyl (C=O) groups excluding carboxylic acids is 1. The maximum Gasteiger partial charge on any atom is 0.248 e. The van der Waals surface area contributed by atoms with Crippen LogP contribution in [-0.2, 0) is 9.53 Å². The van der Waals surface area contributed by atoms with E-state index in [1.807, 2.05) is 0 Å². The summed E-state index contributed by atoms with van der Waals surface area (Å²) in [5.74, 6) is 1.11. The van der Waals surface area contributed by atoms with Crippen molar-refractivity contribution in [2.45, 2.75) is 51.7 Å². The second kappa shape index (κ2) is 9.24. The van der Waals surface area contributed by atoms with Crippen LogP contribution in [0.25, 0.3) is 0 Å². The number of hydrogen-bond acceptors (Lipinski definition) is 5. The predicted molar refractivity (Wildman–Crippen MR) is 92.4 cm³/mol. The summed E-state index contributed by atoms with van der Waals surface area (Å²) >= 11 is 0. The molecule has 0 radical (unpaired) electrons. The van der Waals surface area contributed by atoms with E-state index in [2.05, 4.69) is 28.6 Å². The fourth-order valence-corrected chi connectivity index (χ4v) is 3.00.